The molecule has 0 aromatic carbocycles. The molecule has 0 spiro atoms. The van der Waals surface area contributed by atoms with Crippen LogP contribution < -0.4 is 5.73 Å². The van der Waals surface area contributed by atoms with Crippen LogP contribution in [0.25, 0.3) is 0 Å². The molecule has 112 valence electrons. The topological polar surface area (TPSA) is 64.9 Å². The second-order valence-electron chi connectivity index (χ2n) is 6.19. The Kier molecular flexibility index (Phi) is 4.99. The molecule has 4 nitrogen and oxygen atoms in total. The third kappa shape index (κ3) is 3.55. The lowest BCUT2D eigenvalue weighted by Gasteiger charge is -2.24. The van der Waals surface area contributed by atoms with Crippen LogP contribution in [-0.2, 0) is 5.75 Å². The Bertz CT molecular complexity index is 411. The largest absolute Gasteiger partial charge is 0.338 e. The van der Waals surface area contributed by atoms with Crippen molar-refractivity contribution >= 4 is 11.8 Å². The van der Waals surface area contributed by atoms with Gasteiger partial charge in [0.2, 0.25) is 5.89 Å². The van der Waals surface area contributed by atoms with Crippen LogP contribution in [0.3, 0.4) is 0 Å². The highest BCUT2D eigenvalue weighted by Crippen LogP contribution is 2.33. The minimum atomic E-state index is -0.0620. The van der Waals surface area contributed by atoms with Gasteiger partial charge in [-0.05, 0) is 31.6 Å². The van der Waals surface area contributed by atoms with Crippen molar-refractivity contribution in [3.05, 3.63) is 11.7 Å². The first kappa shape index (κ1) is 14.4. The maximum atomic E-state index is 6.30. The van der Waals surface area contributed by atoms with Crippen LogP contribution in [0.15, 0.2) is 4.52 Å². The fourth-order valence-corrected chi connectivity index (χ4v) is 4.57. The van der Waals surface area contributed by atoms with Crippen LogP contribution in [0, 0.1) is 5.92 Å². The fourth-order valence-electron chi connectivity index (χ4n) is 3.40. The number of nitrogens with two attached hydrogens (primary N) is 1. The van der Waals surface area contributed by atoms with Gasteiger partial charge in [-0.3, -0.25) is 0 Å². The molecule has 5 heteroatoms. The quantitative estimate of drug-likeness (QED) is 0.894. The highest BCUT2D eigenvalue weighted by Gasteiger charge is 2.26. The molecule has 2 N–H and O–H groups in total. The van der Waals surface area contributed by atoms with Crippen LogP contribution in [0.5, 0.6) is 0 Å². The van der Waals surface area contributed by atoms with Gasteiger partial charge in [-0.2, -0.15) is 16.7 Å². The van der Waals surface area contributed by atoms with Crippen molar-refractivity contribution in [3.8, 4) is 0 Å². The molecule has 1 aromatic rings. The van der Waals surface area contributed by atoms with Gasteiger partial charge in [0.1, 0.15) is 0 Å². The summed E-state index contributed by atoms with van der Waals surface area (Å²) in [7, 11) is 0. The Morgan fingerprint density at radius 1 is 1.10 bits per heavy atom. The Labute approximate surface area is 125 Å². The van der Waals surface area contributed by atoms with Crippen molar-refractivity contribution in [1.82, 2.24) is 10.1 Å². The van der Waals surface area contributed by atoms with E-state index >= 15 is 0 Å². The van der Waals surface area contributed by atoms with Gasteiger partial charge >= 0.3 is 0 Å². The second kappa shape index (κ2) is 6.94. The highest BCUT2D eigenvalue weighted by atomic mass is 32.2. The predicted octanol–water partition coefficient (Wildman–Crippen LogP) is 3.83. The van der Waals surface area contributed by atoms with Crippen molar-refractivity contribution in [1.29, 1.82) is 0 Å². The summed E-state index contributed by atoms with van der Waals surface area (Å²) in [4.78, 5) is 4.52. The third-order valence-corrected chi connectivity index (χ3v) is 6.04. The van der Waals surface area contributed by atoms with Crippen LogP contribution in [0.1, 0.15) is 75.5 Å². The molecule has 2 fully saturated rings. The van der Waals surface area contributed by atoms with E-state index in [0.717, 1.165) is 16.8 Å². The molecule has 3 rings (SSSR count). The summed E-state index contributed by atoms with van der Waals surface area (Å²) in [6, 6.07) is -0.0620. The molecule has 0 aliphatic heterocycles. The maximum Gasteiger partial charge on any atom is 0.243 e. The Morgan fingerprint density at radius 2 is 1.80 bits per heavy atom. The zero-order valence-electron chi connectivity index (χ0n) is 12.1. The van der Waals surface area contributed by atoms with Crippen molar-refractivity contribution in [2.75, 3.05) is 0 Å². The van der Waals surface area contributed by atoms with Gasteiger partial charge in [0.05, 0.1) is 11.8 Å². The van der Waals surface area contributed by atoms with E-state index in [1.807, 2.05) is 11.8 Å². The van der Waals surface area contributed by atoms with Crippen molar-refractivity contribution < 1.29 is 4.52 Å². The van der Waals surface area contributed by atoms with Gasteiger partial charge in [-0.15, -0.1) is 0 Å². The van der Waals surface area contributed by atoms with E-state index in [2.05, 4.69) is 10.1 Å². The normalized spacial score (nSPS) is 23.2. The summed E-state index contributed by atoms with van der Waals surface area (Å²) in [5.41, 5.74) is 6.30. The Hall–Kier alpha value is -0.550. The second-order valence-corrected chi connectivity index (χ2v) is 7.48. The van der Waals surface area contributed by atoms with E-state index in [4.69, 9.17) is 10.3 Å². The van der Waals surface area contributed by atoms with Gasteiger partial charge < -0.3 is 10.3 Å². The number of aromatic nitrogens is 2. The molecule has 1 atom stereocenters. The smallest absolute Gasteiger partial charge is 0.243 e. The predicted molar refractivity (Wildman–Crippen MR) is 81.4 cm³/mol. The SMILES string of the molecule is NC(c1nc(CSC2CCCC2)no1)C1CCCCC1. The van der Waals surface area contributed by atoms with Crippen molar-refractivity contribution in [3.63, 3.8) is 0 Å². The minimum Gasteiger partial charge on any atom is -0.338 e. The van der Waals surface area contributed by atoms with E-state index in [0.29, 0.717) is 11.8 Å². The molecule has 1 heterocycles. The zero-order chi connectivity index (χ0) is 13.8. The zero-order valence-corrected chi connectivity index (χ0v) is 12.9. The number of rotatable bonds is 5. The third-order valence-electron chi connectivity index (χ3n) is 4.68. The van der Waals surface area contributed by atoms with Crippen molar-refractivity contribution in [2.45, 2.75) is 74.8 Å². The molecule has 0 amide bonds. The molecule has 0 saturated heterocycles. The average Bonchev–Trinajstić information content (AvgIpc) is 3.17. The number of hydrogen-bond donors (Lipinski definition) is 1. The van der Waals surface area contributed by atoms with E-state index in [9.17, 15) is 0 Å². The van der Waals surface area contributed by atoms with E-state index in [1.165, 1.54) is 57.8 Å². The monoisotopic (exact) mass is 295 g/mol. The lowest BCUT2D eigenvalue weighted by molar-refractivity contribution is 0.255. The summed E-state index contributed by atoms with van der Waals surface area (Å²) in [6.45, 7) is 0. The first-order valence-electron chi connectivity index (χ1n) is 8.02. The summed E-state index contributed by atoms with van der Waals surface area (Å²) in [5.74, 6) is 2.87. The molecule has 2 aliphatic carbocycles. The van der Waals surface area contributed by atoms with Crippen LogP contribution in [-0.4, -0.2) is 15.4 Å². The summed E-state index contributed by atoms with van der Waals surface area (Å²) in [6.07, 6.45) is 11.8. The lowest BCUT2D eigenvalue weighted by Crippen LogP contribution is -2.23. The van der Waals surface area contributed by atoms with Crippen LogP contribution >= 0.6 is 11.8 Å². The Morgan fingerprint density at radius 3 is 2.55 bits per heavy atom. The van der Waals surface area contributed by atoms with Gasteiger partial charge in [-0.25, -0.2) is 0 Å². The Balaban J connectivity index is 1.52. The molecular weight excluding hydrogens is 270 g/mol. The fraction of sp³-hybridized carbons (Fsp3) is 0.867. The molecule has 1 aromatic heterocycles. The van der Waals surface area contributed by atoms with Crippen LogP contribution in [0.4, 0.5) is 0 Å². The number of nitrogens with zero attached hydrogens (tertiary/aromatic N) is 2. The molecule has 0 bridgehead atoms. The highest BCUT2D eigenvalue weighted by molar-refractivity contribution is 7.99. The minimum absolute atomic E-state index is 0.0620. The van der Waals surface area contributed by atoms with Crippen LogP contribution in [0.2, 0.25) is 0 Å². The van der Waals surface area contributed by atoms with Gasteiger partial charge in [-0.1, -0.05) is 37.3 Å². The number of thioether (sulfide) groups is 1. The van der Waals surface area contributed by atoms with E-state index in [-0.39, 0.29) is 6.04 Å². The van der Waals surface area contributed by atoms with E-state index < -0.39 is 0 Å². The standard InChI is InChI=1S/C15H25N3OS/c16-14(11-6-2-1-3-7-11)15-17-13(18-19-15)10-20-12-8-4-5-9-12/h11-12,14H,1-10,16H2. The van der Waals surface area contributed by atoms with Gasteiger partial charge in [0, 0.05) is 5.25 Å². The molecule has 1 unspecified atom stereocenters. The first-order valence-corrected chi connectivity index (χ1v) is 9.07. The average molecular weight is 295 g/mol. The molecule has 20 heavy (non-hydrogen) atoms. The number of hydrogen-bond acceptors (Lipinski definition) is 5. The summed E-state index contributed by atoms with van der Waals surface area (Å²) in [5, 5.41) is 4.90. The van der Waals surface area contributed by atoms with Gasteiger partial charge in [0.15, 0.2) is 5.82 Å². The lowest BCUT2D eigenvalue weighted by atomic mass is 9.84. The molecule has 2 aliphatic rings. The molecular formula is C15H25N3OS. The molecule has 2 saturated carbocycles. The first-order chi connectivity index (χ1) is 9.83. The summed E-state index contributed by atoms with van der Waals surface area (Å²) < 4.78 is 5.40. The van der Waals surface area contributed by atoms with Gasteiger partial charge in [0.25, 0.3) is 0 Å². The van der Waals surface area contributed by atoms with Crippen molar-refractivity contribution in [2.24, 2.45) is 11.7 Å². The molecule has 0 radical (unpaired) electrons. The summed E-state index contributed by atoms with van der Waals surface area (Å²) >= 11 is 1.97. The van der Waals surface area contributed by atoms with E-state index in [1.54, 1.807) is 0 Å². The maximum absolute atomic E-state index is 6.30.